The molecule has 0 amide bonds. The minimum Gasteiger partial charge on any atom is -0.462 e. The number of carbonyl (C=O) groups excluding carboxylic acids is 1. The maximum Gasteiger partial charge on any atom is 0.323 e. The van der Waals surface area contributed by atoms with Gasteiger partial charge in [0, 0.05) is 24.9 Å². The quantitative estimate of drug-likeness (QED) is 0.499. The summed E-state index contributed by atoms with van der Waals surface area (Å²) < 4.78 is 10.3. The molecule has 0 aliphatic rings. The van der Waals surface area contributed by atoms with Crippen LogP contribution < -0.4 is 5.73 Å². The summed E-state index contributed by atoms with van der Waals surface area (Å²) in [7, 11) is 0. The van der Waals surface area contributed by atoms with Gasteiger partial charge in [-0.15, -0.1) is 0 Å². The van der Waals surface area contributed by atoms with Gasteiger partial charge in [-0.2, -0.15) is 0 Å². The summed E-state index contributed by atoms with van der Waals surface area (Å²) >= 11 is 0. The zero-order valence-corrected chi connectivity index (χ0v) is 10.7. The molecule has 0 bridgehead atoms. The highest BCUT2D eigenvalue weighted by Gasteiger charge is 2.15. The van der Waals surface area contributed by atoms with E-state index in [2.05, 4.69) is 16.9 Å². The van der Waals surface area contributed by atoms with Crippen molar-refractivity contribution in [2.45, 2.75) is 32.2 Å². The molecule has 1 rings (SSSR count). The van der Waals surface area contributed by atoms with Crippen LogP contribution in [0.5, 0.6) is 0 Å². The summed E-state index contributed by atoms with van der Waals surface area (Å²) in [5.41, 5.74) is 6.53. The van der Waals surface area contributed by atoms with Gasteiger partial charge < -0.3 is 20.2 Å². The molecule has 0 saturated carbocycles. The Morgan fingerprint density at radius 1 is 1.50 bits per heavy atom. The summed E-state index contributed by atoms with van der Waals surface area (Å²) in [4.78, 5) is 18.3. The molecule has 6 nitrogen and oxygen atoms in total. The first-order valence-electron chi connectivity index (χ1n) is 6.21. The number of nitrogens with zero attached hydrogens (tertiary/aromatic N) is 1. The highest BCUT2D eigenvalue weighted by atomic mass is 16.6. The average Bonchev–Trinajstić information content (AvgIpc) is 2.86. The van der Waals surface area contributed by atoms with Crippen LogP contribution in [0, 0.1) is 0 Å². The van der Waals surface area contributed by atoms with Gasteiger partial charge >= 0.3 is 5.97 Å². The number of aromatic amines is 1. The lowest BCUT2D eigenvalue weighted by Crippen LogP contribution is -2.35. The first-order chi connectivity index (χ1) is 8.74. The number of aromatic nitrogens is 2. The van der Waals surface area contributed by atoms with Gasteiger partial charge in [-0.05, 0) is 6.42 Å². The predicted molar refractivity (Wildman–Crippen MR) is 67.0 cm³/mol. The normalized spacial score (nSPS) is 12.3. The number of hydrogen-bond donors (Lipinski definition) is 2. The van der Waals surface area contributed by atoms with Crippen LogP contribution in [0.3, 0.4) is 0 Å². The van der Waals surface area contributed by atoms with Crippen molar-refractivity contribution in [3.05, 3.63) is 18.2 Å². The lowest BCUT2D eigenvalue weighted by Gasteiger charge is -2.10. The number of ether oxygens (including phenoxy) is 2. The van der Waals surface area contributed by atoms with E-state index in [9.17, 15) is 4.79 Å². The van der Waals surface area contributed by atoms with Crippen molar-refractivity contribution in [2.75, 3.05) is 19.8 Å². The maximum atomic E-state index is 11.5. The average molecular weight is 255 g/mol. The first-order valence-corrected chi connectivity index (χ1v) is 6.21. The van der Waals surface area contributed by atoms with E-state index in [1.165, 1.54) is 0 Å². The summed E-state index contributed by atoms with van der Waals surface area (Å²) in [6.45, 7) is 3.47. The number of imidazole rings is 1. The largest absolute Gasteiger partial charge is 0.462 e. The molecule has 102 valence electrons. The van der Waals surface area contributed by atoms with E-state index in [1.807, 2.05) is 0 Å². The van der Waals surface area contributed by atoms with Crippen molar-refractivity contribution in [3.8, 4) is 0 Å². The summed E-state index contributed by atoms with van der Waals surface area (Å²) in [6, 6.07) is -0.666. The fourth-order valence-electron chi connectivity index (χ4n) is 1.37. The Bertz CT molecular complexity index is 327. The topological polar surface area (TPSA) is 90.2 Å². The van der Waals surface area contributed by atoms with Crippen LogP contribution in [-0.2, 0) is 20.7 Å². The first kappa shape index (κ1) is 14.7. The molecule has 1 heterocycles. The second kappa shape index (κ2) is 8.66. The highest BCUT2D eigenvalue weighted by molar-refractivity contribution is 5.75. The molecular weight excluding hydrogens is 234 g/mol. The Kier molecular flexibility index (Phi) is 7.05. The smallest absolute Gasteiger partial charge is 0.323 e. The number of esters is 1. The predicted octanol–water partition coefficient (Wildman–Crippen LogP) is 0.639. The van der Waals surface area contributed by atoms with E-state index < -0.39 is 12.0 Å². The fraction of sp³-hybridized carbons (Fsp3) is 0.667. The van der Waals surface area contributed by atoms with Gasteiger partial charge in [-0.1, -0.05) is 13.3 Å². The Labute approximate surface area is 107 Å². The Hall–Kier alpha value is -1.40. The van der Waals surface area contributed by atoms with E-state index >= 15 is 0 Å². The minimum atomic E-state index is -0.666. The molecule has 0 spiro atoms. The second-order valence-electron chi connectivity index (χ2n) is 4.02. The monoisotopic (exact) mass is 255 g/mol. The molecule has 0 aliphatic heterocycles. The van der Waals surface area contributed by atoms with Gasteiger partial charge in [0.25, 0.3) is 0 Å². The zero-order chi connectivity index (χ0) is 13.2. The third-order valence-corrected chi connectivity index (χ3v) is 2.41. The van der Waals surface area contributed by atoms with Crippen LogP contribution in [0.2, 0.25) is 0 Å². The van der Waals surface area contributed by atoms with Crippen LogP contribution in [-0.4, -0.2) is 41.8 Å². The number of nitrogens with two attached hydrogens (primary N) is 1. The maximum absolute atomic E-state index is 11.5. The van der Waals surface area contributed by atoms with Crippen molar-refractivity contribution >= 4 is 5.97 Å². The number of carbonyl (C=O) groups is 1. The van der Waals surface area contributed by atoms with Crippen LogP contribution in [0.15, 0.2) is 12.5 Å². The summed E-state index contributed by atoms with van der Waals surface area (Å²) in [6.07, 6.45) is 5.70. The van der Waals surface area contributed by atoms with E-state index in [4.69, 9.17) is 15.2 Å². The second-order valence-corrected chi connectivity index (χ2v) is 4.02. The SMILES string of the molecule is CCCCOCCOC(=O)[C@@H](N)Cc1cnc[nH]1. The van der Waals surface area contributed by atoms with Gasteiger partial charge in [0.2, 0.25) is 0 Å². The molecule has 0 aliphatic carbocycles. The fourth-order valence-corrected chi connectivity index (χ4v) is 1.37. The Morgan fingerprint density at radius 3 is 3.00 bits per heavy atom. The molecule has 0 aromatic carbocycles. The third-order valence-electron chi connectivity index (χ3n) is 2.41. The van der Waals surface area contributed by atoms with Gasteiger partial charge in [0.05, 0.1) is 12.9 Å². The van der Waals surface area contributed by atoms with Crippen LogP contribution in [0.25, 0.3) is 0 Å². The Balaban J connectivity index is 2.08. The molecule has 0 unspecified atom stereocenters. The lowest BCUT2D eigenvalue weighted by atomic mass is 10.2. The minimum absolute atomic E-state index is 0.249. The molecule has 3 N–H and O–H groups in total. The molecule has 6 heteroatoms. The molecule has 0 fully saturated rings. The number of rotatable bonds is 9. The summed E-state index contributed by atoms with van der Waals surface area (Å²) in [5.74, 6) is -0.413. The van der Waals surface area contributed by atoms with Crippen molar-refractivity contribution in [1.29, 1.82) is 0 Å². The molecular formula is C12H21N3O3. The summed E-state index contributed by atoms with van der Waals surface area (Å²) in [5, 5.41) is 0. The van der Waals surface area contributed by atoms with Crippen molar-refractivity contribution in [1.82, 2.24) is 9.97 Å². The molecule has 18 heavy (non-hydrogen) atoms. The zero-order valence-electron chi connectivity index (χ0n) is 10.7. The van der Waals surface area contributed by atoms with Crippen molar-refractivity contribution in [2.24, 2.45) is 5.73 Å². The number of nitrogens with one attached hydrogen (secondary N) is 1. The van der Waals surface area contributed by atoms with Gasteiger partial charge in [0.1, 0.15) is 12.6 Å². The van der Waals surface area contributed by atoms with Crippen molar-refractivity contribution in [3.63, 3.8) is 0 Å². The molecule has 1 aromatic heterocycles. The molecule has 0 saturated heterocycles. The van der Waals surface area contributed by atoms with E-state index in [1.54, 1.807) is 12.5 Å². The number of unbranched alkanes of at least 4 members (excludes halogenated alkanes) is 1. The van der Waals surface area contributed by atoms with Gasteiger partial charge in [0.15, 0.2) is 0 Å². The van der Waals surface area contributed by atoms with E-state index in [-0.39, 0.29) is 6.61 Å². The number of H-pyrrole nitrogens is 1. The lowest BCUT2D eigenvalue weighted by molar-refractivity contribution is -0.146. The van der Waals surface area contributed by atoms with E-state index in [0.717, 1.165) is 18.5 Å². The molecule has 0 radical (unpaired) electrons. The van der Waals surface area contributed by atoms with Crippen LogP contribution in [0.1, 0.15) is 25.5 Å². The van der Waals surface area contributed by atoms with Crippen molar-refractivity contribution < 1.29 is 14.3 Å². The number of hydrogen-bond acceptors (Lipinski definition) is 5. The van der Waals surface area contributed by atoms with Gasteiger partial charge in [-0.25, -0.2) is 4.98 Å². The Morgan fingerprint density at radius 2 is 2.33 bits per heavy atom. The van der Waals surface area contributed by atoms with Gasteiger partial charge in [-0.3, -0.25) is 4.79 Å². The van der Waals surface area contributed by atoms with Crippen LogP contribution in [0.4, 0.5) is 0 Å². The third kappa shape index (κ3) is 5.79. The highest BCUT2D eigenvalue weighted by Crippen LogP contribution is 1.98. The molecule has 1 atom stereocenters. The van der Waals surface area contributed by atoms with Crippen LogP contribution >= 0.6 is 0 Å². The van der Waals surface area contributed by atoms with E-state index in [0.29, 0.717) is 19.6 Å². The molecule has 1 aromatic rings. The standard InChI is InChI=1S/C12H21N3O3/c1-2-3-4-17-5-6-18-12(16)11(13)7-10-8-14-9-15-10/h8-9,11H,2-7,13H2,1H3,(H,14,15)/t11-/m0/s1.